The van der Waals surface area contributed by atoms with Crippen LogP contribution in [0, 0.1) is 0 Å². The van der Waals surface area contributed by atoms with Crippen LogP contribution in [-0.4, -0.2) is 58.9 Å². The Kier molecular flexibility index (Phi) is 10.1. The molecule has 0 radical (unpaired) electrons. The van der Waals surface area contributed by atoms with Gasteiger partial charge in [-0.25, -0.2) is 14.7 Å². The largest absolute Gasteiger partial charge is 0.497 e. The first-order valence-electron chi connectivity index (χ1n) is 11.6. The second kappa shape index (κ2) is 13.3. The summed E-state index contributed by atoms with van der Waals surface area (Å²) in [5.74, 6) is 1.72. The molecule has 2 heterocycles. The van der Waals surface area contributed by atoms with Gasteiger partial charge in [0.05, 0.1) is 25.4 Å². The number of nitrogens with one attached hydrogen (secondary N) is 2. The minimum Gasteiger partial charge on any atom is -0.497 e. The van der Waals surface area contributed by atoms with Gasteiger partial charge >= 0.3 is 0 Å². The maximum atomic E-state index is 5.47. The lowest BCUT2D eigenvalue weighted by molar-refractivity contribution is 0.245. The fourth-order valence-electron chi connectivity index (χ4n) is 4.16. The van der Waals surface area contributed by atoms with Gasteiger partial charge in [-0.15, -0.1) is 24.0 Å². The van der Waals surface area contributed by atoms with Gasteiger partial charge in [0.25, 0.3) is 0 Å². The summed E-state index contributed by atoms with van der Waals surface area (Å²) in [7, 11) is 1.72. The molecule has 0 saturated carbocycles. The average Bonchev–Trinajstić information content (AvgIpc) is 3.58. The number of guanidine groups is 1. The first kappa shape index (κ1) is 26.0. The first-order chi connectivity index (χ1) is 16.3. The van der Waals surface area contributed by atoms with E-state index in [1.165, 1.54) is 24.7 Å². The van der Waals surface area contributed by atoms with Crippen LogP contribution < -0.4 is 15.4 Å². The number of hydrogen-bond donors (Lipinski definition) is 2. The number of aliphatic imine (C=N–C) groups is 1. The molecule has 0 amide bonds. The summed E-state index contributed by atoms with van der Waals surface area (Å²) >= 11 is 0. The van der Waals surface area contributed by atoms with Crippen molar-refractivity contribution in [3.05, 3.63) is 72.3 Å². The second-order valence-electron chi connectivity index (χ2n) is 8.12. The van der Waals surface area contributed by atoms with E-state index in [9.17, 15) is 0 Å². The van der Waals surface area contributed by atoms with Crippen LogP contribution in [0.2, 0.25) is 0 Å². The molecule has 4 rings (SSSR count). The van der Waals surface area contributed by atoms with E-state index >= 15 is 0 Å². The van der Waals surface area contributed by atoms with Gasteiger partial charge in [-0.3, -0.25) is 4.90 Å². The summed E-state index contributed by atoms with van der Waals surface area (Å²) in [5.41, 5.74) is 3.39. The van der Waals surface area contributed by atoms with Crippen molar-refractivity contribution in [1.82, 2.24) is 30.3 Å². The van der Waals surface area contributed by atoms with Crippen molar-refractivity contribution in [2.75, 3.05) is 33.3 Å². The molecule has 1 aromatic heterocycles. The quantitative estimate of drug-likeness (QED) is 0.230. The standard InChI is InChI=1S/C25H33N7O.HI/c1-3-27-25(28-16-20-9-11-22(12-10-20)32-19-26-18-30-32)29-17-24(31-13-4-5-14-31)21-7-6-8-23(15-21)33-2;/h6-12,15,18-19,24H,3-5,13-14,16-17H2,1-2H3,(H2,27,28,29);1H. The molecule has 1 fully saturated rings. The number of nitrogens with zero attached hydrogens (tertiary/aromatic N) is 5. The number of methoxy groups -OCH3 is 1. The summed E-state index contributed by atoms with van der Waals surface area (Å²) in [6.45, 7) is 6.52. The Morgan fingerprint density at radius 2 is 1.91 bits per heavy atom. The van der Waals surface area contributed by atoms with E-state index in [1.807, 2.05) is 18.2 Å². The molecular weight excluding hydrogens is 541 g/mol. The van der Waals surface area contributed by atoms with Crippen molar-refractivity contribution < 1.29 is 4.74 Å². The summed E-state index contributed by atoms with van der Waals surface area (Å²) in [4.78, 5) is 11.4. The molecule has 1 unspecified atom stereocenters. The molecule has 1 aliphatic heterocycles. The van der Waals surface area contributed by atoms with Gasteiger partial charge in [0.2, 0.25) is 0 Å². The second-order valence-corrected chi connectivity index (χ2v) is 8.12. The predicted octanol–water partition coefficient (Wildman–Crippen LogP) is 3.79. The third-order valence-electron chi connectivity index (χ3n) is 5.91. The highest BCUT2D eigenvalue weighted by Crippen LogP contribution is 2.27. The first-order valence-corrected chi connectivity index (χ1v) is 11.6. The van der Waals surface area contributed by atoms with Crippen molar-refractivity contribution in [1.29, 1.82) is 0 Å². The van der Waals surface area contributed by atoms with E-state index in [-0.39, 0.29) is 30.0 Å². The summed E-state index contributed by atoms with van der Waals surface area (Å²) in [6.07, 6.45) is 5.73. The number of hydrogen-bond acceptors (Lipinski definition) is 5. The molecule has 34 heavy (non-hydrogen) atoms. The third-order valence-corrected chi connectivity index (χ3v) is 5.91. The number of aromatic nitrogens is 3. The van der Waals surface area contributed by atoms with Gasteiger partial charge in [-0.1, -0.05) is 24.3 Å². The molecule has 0 aliphatic carbocycles. The van der Waals surface area contributed by atoms with Crippen molar-refractivity contribution in [3.8, 4) is 11.4 Å². The fourth-order valence-corrected chi connectivity index (χ4v) is 4.16. The Morgan fingerprint density at radius 1 is 1.12 bits per heavy atom. The number of rotatable bonds is 9. The highest BCUT2D eigenvalue weighted by atomic mass is 127. The molecular formula is C25H34IN7O. The molecule has 0 bridgehead atoms. The molecule has 8 nitrogen and oxygen atoms in total. The molecule has 0 spiro atoms. The third kappa shape index (κ3) is 6.92. The van der Waals surface area contributed by atoms with Crippen LogP contribution in [-0.2, 0) is 6.54 Å². The van der Waals surface area contributed by atoms with Gasteiger partial charge < -0.3 is 15.4 Å². The Labute approximate surface area is 218 Å². The van der Waals surface area contributed by atoms with Gasteiger partial charge in [0.15, 0.2) is 5.96 Å². The topological polar surface area (TPSA) is 79.6 Å². The van der Waals surface area contributed by atoms with E-state index in [4.69, 9.17) is 9.73 Å². The summed E-state index contributed by atoms with van der Waals surface area (Å²) in [5, 5.41) is 11.1. The van der Waals surface area contributed by atoms with Crippen molar-refractivity contribution in [2.45, 2.75) is 32.4 Å². The minimum absolute atomic E-state index is 0. The molecule has 1 saturated heterocycles. The number of benzene rings is 2. The van der Waals surface area contributed by atoms with E-state index in [2.05, 4.69) is 62.9 Å². The maximum absolute atomic E-state index is 5.47. The van der Waals surface area contributed by atoms with Gasteiger partial charge in [-0.2, -0.15) is 5.10 Å². The van der Waals surface area contributed by atoms with Crippen LogP contribution in [0.4, 0.5) is 0 Å². The van der Waals surface area contributed by atoms with Crippen LogP contribution in [0.5, 0.6) is 5.75 Å². The van der Waals surface area contributed by atoms with Gasteiger partial charge in [-0.05, 0) is 68.2 Å². The zero-order valence-corrected chi connectivity index (χ0v) is 22.2. The number of halogens is 1. The zero-order chi connectivity index (χ0) is 22.9. The molecule has 182 valence electrons. The number of ether oxygens (including phenoxy) is 1. The lowest BCUT2D eigenvalue weighted by Gasteiger charge is -2.29. The van der Waals surface area contributed by atoms with Crippen molar-refractivity contribution in [2.24, 2.45) is 4.99 Å². The lowest BCUT2D eigenvalue weighted by Crippen LogP contribution is -2.42. The smallest absolute Gasteiger partial charge is 0.191 e. The highest BCUT2D eigenvalue weighted by molar-refractivity contribution is 14.0. The fraction of sp³-hybridized carbons (Fsp3) is 0.400. The van der Waals surface area contributed by atoms with E-state index in [0.29, 0.717) is 6.54 Å². The predicted molar refractivity (Wildman–Crippen MR) is 146 cm³/mol. The highest BCUT2D eigenvalue weighted by Gasteiger charge is 2.24. The number of likely N-dealkylation sites (tertiary alicyclic amines) is 1. The van der Waals surface area contributed by atoms with Crippen LogP contribution >= 0.6 is 24.0 Å². The monoisotopic (exact) mass is 575 g/mol. The Balaban J connectivity index is 0.00000324. The molecule has 3 aromatic rings. The molecule has 1 aliphatic rings. The van der Waals surface area contributed by atoms with Crippen LogP contribution in [0.1, 0.15) is 36.9 Å². The molecule has 2 N–H and O–H groups in total. The molecule has 1 atom stereocenters. The lowest BCUT2D eigenvalue weighted by atomic mass is 10.1. The molecule has 2 aromatic carbocycles. The maximum Gasteiger partial charge on any atom is 0.191 e. The van der Waals surface area contributed by atoms with Crippen molar-refractivity contribution in [3.63, 3.8) is 0 Å². The normalized spacial score (nSPS) is 14.9. The van der Waals surface area contributed by atoms with Crippen molar-refractivity contribution >= 4 is 29.9 Å². The van der Waals surface area contributed by atoms with E-state index in [1.54, 1.807) is 18.1 Å². The summed E-state index contributed by atoms with van der Waals surface area (Å²) in [6, 6.07) is 16.9. The van der Waals surface area contributed by atoms with Gasteiger partial charge in [0, 0.05) is 13.1 Å². The van der Waals surface area contributed by atoms with Crippen LogP contribution in [0.15, 0.2) is 66.2 Å². The minimum atomic E-state index is 0. The van der Waals surface area contributed by atoms with Crippen LogP contribution in [0.25, 0.3) is 5.69 Å². The van der Waals surface area contributed by atoms with Gasteiger partial charge in [0.1, 0.15) is 18.4 Å². The average molecular weight is 575 g/mol. The Bertz CT molecular complexity index is 1020. The van der Waals surface area contributed by atoms with E-state index < -0.39 is 0 Å². The summed E-state index contributed by atoms with van der Waals surface area (Å²) < 4.78 is 7.21. The zero-order valence-electron chi connectivity index (χ0n) is 19.9. The van der Waals surface area contributed by atoms with Crippen LogP contribution in [0.3, 0.4) is 0 Å². The Hall–Kier alpha value is -2.66. The Morgan fingerprint density at radius 3 is 2.59 bits per heavy atom. The SMILES string of the molecule is CCNC(=NCc1ccc(-n2cncn2)cc1)NCC(c1cccc(OC)c1)N1CCCC1.I. The van der Waals surface area contributed by atoms with E-state index in [0.717, 1.165) is 49.1 Å². The molecule has 9 heteroatoms.